The molecule has 0 aliphatic heterocycles. The standard InChI is InChI=1S/C27H23FINO4.C27H24FNO4.C18H15BrFNO3.C9H11BO3.CH3.W/c1-14(31)10-17-6-5-7-19(11-17)23-16(3)30(4)26(32)24-21(15(2)27(33)34-25(23)24)12-18-8-9-20(29)13-22(18)28;1-15(30)12-18-8-7-10-20(13-18)23-17(3)29(4)26(31)24-21(16(2)27(32)33-25(23)24)14-19-9-5-6-11-22(19)28;1-9-12(8-11-6-4-5-7-13(11)20)14-16(24-18(9)23)15(19)10(2)21(3)17(14)22;1-7(11)5-8-3-2-4-9(6-8)10(12)13;;/h5-9,11,13H,10,12H2,1-4H3;5-11,13H,12,14H2,1-4H3;4-7H,8H2,1-3H3;2-4,6,12-13H,5H2,1H3;1H3;/q;;;;-1;. The quantitative estimate of drug-likeness (QED) is 0.0550. The third kappa shape index (κ3) is 18.5. The molecule has 0 unspecified atom stereocenters. The molecule has 12 aromatic rings. The molecule has 0 saturated carbocycles. The molecule has 12 rings (SSSR count). The van der Waals surface area contributed by atoms with E-state index in [1.54, 1.807) is 135 Å². The average Bonchev–Trinajstić information content (AvgIpc) is 0.752. The van der Waals surface area contributed by atoms with E-state index in [4.69, 9.17) is 23.3 Å². The summed E-state index contributed by atoms with van der Waals surface area (Å²) in [6.07, 6.45) is 1.20. The summed E-state index contributed by atoms with van der Waals surface area (Å²) in [4.78, 5) is 111. The van der Waals surface area contributed by atoms with Crippen LogP contribution in [0.15, 0.2) is 186 Å². The fourth-order valence-corrected chi connectivity index (χ4v) is 13.4. The molecule has 0 aliphatic rings. The van der Waals surface area contributed by atoms with Gasteiger partial charge >= 0.3 is 24.0 Å². The number of rotatable bonds is 15. The van der Waals surface area contributed by atoms with E-state index >= 15 is 0 Å². The molecule has 6 heterocycles. The number of carbonyl (C=O) groups excluding carboxylic acids is 3. The molecule has 6 aromatic carbocycles. The zero-order valence-electron chi connectivity index (χ0n) is 60.5. The number of benzene rings is 6. The minimum absolute atomic E-state index is 0. The first-order chi connectivity index (χ1) is 49.2. The maximum Gasteiger partial charge on any atom is 0.488 e. The summed E-state index contributed by atoms with van der Waals surface area (Å²) in [5, 5.41) is 18.5. The van der Waals surface area contributed by atoms with Gasteiger partial charge in [0.25, 0.3) is 16.7 Å². The molecule has 0 atom stereocenters. The van der Waals surface area contributed by atoms with Gasteiger partial charge in [-0.05, 0) is 192 Å². The van der Waals surface area contributed by atoms with Crippen molar-refractivity contribution in [1.29, 1.82) is 0 Å². The number of ketones is 3. The van der Waals surface area contributed by atoms with Crippen LogP contribution < -0.4 is 39.0 Å². The SMILES string of the molecule is CC(=O)Cc1cccc(-c2c(C)n(C)c(=O)c3c(Cc4ccc(I)cc4F)c(C)c(=O)oc23)c1.CC(=O)Cc1cccc(-c2c(C)n(C)c(=O)c3c(Cc4ccccc4F)c(C)c(=O)oc23)c1.CC(=O)Cc1cccc(B(O)O)c1.Cc1c(Cc2ccccc2F)c2c(=O)n(C)c(C)c(Br)c2oc1=O.[CH3-].[W]. The van der Waals surface area contributed by atoms with Crippen molar-refractivity contribution in [3.8, 4) is 22.3 Å². The predicted octanol–water partition coefficient (Wildman–Crippen LogP) is 13.4. The van der Waals surface area contributed by atoms with Gasteiger partial charge in [-0.15, -0.1) is 0 Å². The predicted molar refractivity (Wildman–Crippen MR) is 416 cm³/mol. The Morgan fingerprint density at radius 1 is 0.453 bits per heavy atom. The van der Waals surface area contributed by atoms with Gasteiger partial charge in [0.05, 0.1) is 20.6 Å². The first kappa shape index (κ1) is 83.8. The smallest absolute Gasteiger partial charge is 0.423 e. The van der Waals surface area contributed by atoms with E-state index in [0.717, 1.165) is 31.4 Å². The zero-order chi connectivity index (χ0) is 76.0. The molecule has 0 amide bonds. The third-order valence-corrected chi connectivity index (χ3v) is 19.9. The summed E-state index contributed by atoms with van der Waals surface area (Å²) < 4.78 is 65.7. The number of hydrogen-bond donors (Lipinski definition) is 2. The molecule has 0 spiro atoms. The van der Waals surface area contributed by atoms with Gasteiger partial charge in [0.15, 0.2) is 16.7 Å². The number of aromatic nitrogens is 3. The minimum atomic E-state index is -1.47. The van der Waals surface area contributed by atoms with Gasteiger partial charge < -0.3 is 44.4 Å². The van der Waals surface area contributed by atoms with Gasteiger partial charge in [-0.1, -0.05) is 115 Å². The van der Waals surface area contributed by atoms with Crippen LogP contribution in [-0.2, 0) is 95.1 Å². The molecule has 0 aliphatic carbocycles. The van der Waals surface area contributed by atoms with Gasteiger partial charge in [0.2, 0.25) is 0 Å². The molecule has 24 heteroatoms. The van der Waals surface area contributed by atoms with Crippen LogP contribution in [0.2, 0.25) is 0 Å². The van der Waals surface area contributed by atoms with Crippen molar-refractivity contribution in [2.75, 3.05) is 0 Å². The summed E-state index contributed by atoms with van der Waals surface area (Å²) >= 11 is 5.43. The monoisotopic (exact) mass is 1780 g/mol. The van der Waals surface area contributed by atoms with Gasteiger partial charge in [0, 0.05) is 129 Å². The maximum absolute atomic E-state index is 14.7. The second kappa shape index (κ2) is 35.7. The number of Topliss-reactive ketones (excluding diaryl/α,β-unsaturated/α-hetero) is 3. The Balaban J connectivity index is 0.000000205. The first-order valence-corrected chi connectivity index (χ1v) is 34.7. The van der Waals surface area contributed by atoms with Crippen molar-refractivity contribution in [2.24, 2.45) is 21.1 Å². The molecule has 106 heavy (non-hydrogen) atoms. The Kier molecular flexibility index (Phi) is 28.2. The molecule has 0 fully saturated rings. The minimum Gasteiger partial charge on any atom is -0.423 e. The molecular weight excluding hydrogens is 1710 g/mol. The van der Waals surface area contributed by atoms with Crippen LogP contribution in [0, 0.1) is 70.0 Å². The Labute approximate surface area is 645 Å². The van der Waals surface area contributed by atoms with Gasteiger partial charge in [-0.3, -0.25) is 28.8 Å². The normalized spacial score (nSPS) is 10.8. The second-order valence-corrected chi connectivity index (χ2v) is 27.6. The molecule has 548 valence electrons. The van der Waals surface area contributed by atoms with E-state index < -0.39 is 35.6 Å². The van der Waals surface area contributed by atoms with E-state index in [1.807, 2.05) is 71.1 Å². The Bertz CT molecular complexity index is 5840. The Morgan fingerprint density at radius 2 is 0.792 bits per heavy atom. The van der Waals surface area contributed by atoms with Crippen molar-refractivity contribution in [2.45, 2.75) is 101 Å². The van der Waals surface area contributed by atoms with Crippen LogP contribution in [0.4, 0.5) is 13.2 Å². The maximum atomic E-state index is 14.7. The van der Waals surface area contributed by atoms with E-state index in [2.05, 4.69) is 15.9 Å². The Hall–Kier alpha value is -9.52. The molecule has 0 radical (unpaired) electrons. The number of halogens is 5. The molecule has 17 nitrogen and oxygen atoms in total. The van der Waals surface area contributed by atoms with Crippen LogP contribution in [0.3, 0.4) is 0 Å². The van der Waals surface area contributed by atoms with E-state index in [9.17, 15) is 56.3 Å². The van der Waals surface area contributed by atoms with E-state index in [1.165, 1.54) is 52.7 Å². The zero-order valence-corrected chi connectivity index (χ0v) is 67.2. The van der Waals surface area contributed by atoms with Crippen LogP contribution in [-0.4, -0.2) is 48.2 Å². The van der Waals surface area contributed by atoms with Crippen LogP contribution in [0.1, 0.15) is 105 Å². The second-order valence-electron chi connectivity index (χ2n) is 25.6. The number of pyridine rings is 3. The molecular formula is C82H76BBrF3IN3O14W-. The first-order valence-electron chi connectivity index (χ1n) is 32.8. The summed E-state index contributed by atoms with van der Waals surface area (Å²) in [6.45, 7) is 14.6. The molecule has 0 bridgehead atoms. The fourth-order valence-electron chi connectivity index (χ4n) is 12.4. The van der Waals surface area contributed by atoms with E-state index in [0.29, 0.717) is 88.9 Å². The fraction of sp³-hybridized carbons (Fsp3) is 0.220. The third-order valence-electron chi connectivity index (χ3n) is 18.3. The van der Waals surface area contributed by atoms with Crippen molar-refractivity contribution in [1.82, 2.24) is 13.7 Å². The average molecular weight is 1790 g/mol. The van der Waals surface area contributed by atoms with Crippen molar-refractivity contribution in [3.63, 3.8) is 0 Å². The van der Waals surface area contributed by atoms with Gasteiger partial charge in [-0.25, -0.2) is 27.6 Å². The summed E-state index contributed by atoms with van der Waals surface area (Å²) in [7, 11) is 3.50. The van der Waals surface area contributed by atoms with Crippen LogP contribution in [0.5, 0.6) is 0 Å². The summed E-state index contributed by atoms with van der Waals surface area (Å²) in [5.74, 6) is -1.05. The van der Waals surface area contributed by atoms with Crippen molar-refractivity contribution >= 4 is 101 Å². The molecule has 0 saturated heterocycles. The topological polar surface area (TPSA) is 248 Å². The van der Waals surface area contributed by atoms with Crippen LogP contribution >= 0.6 is 38.5 Å². The molecule has 2 N–H and O–H groups in total. The van der Waals surface area contributed by atoms with E-state index in [-0.39, 0.29) is 139 Å². The molecule has 6 aromatic heterocycles. The van der Waals surface area contributed by atoms with Gasteiger partial charge in [-0.2, -0.15) is 0 Å². The number of nitrogens with zero attached hydrogens (tertiary/aromatic N) is 3. The van der Waals surface area contributed by atoms with Crippen molar-refractivity contribution < 1.29 is 71.9 Å². The number of carbonyl (C=O) groups is 3. The largest absolute Gasteiger partial charge is 0.488 e. The number of hydrogen-bond acceptors (Lipinski definition) is 14. The van der Waals surface area contributed by atoms with Crippen molar-refractivity contribution in [3.05, 3.63) is 319 Å². The summed E-state index contributed by atoms with van der Waals surface area (Å²) in [6, 6.07) is 39.0. The Morgan fingerprint density at radius 3 is 1.16 bits per heavy atom. The number of fused-ring (bicyclic) bond motifs is 3. The van der Waals surface area contributed by atoms with Gasteiger partial charge in [0.1, 0.15) is 34.8 Å². The summed E-state index contributed by atoms with van der Waals surface area (Å²) in [5.41, 5.74) is 8.90. The van der Waals surface area contributed by atoms with Crippen LogP contribution in [0.25, 0.3) is 55.2 Å².